The summed E-state index contributed by atoms with van der Waals surface area (Å²) in [5, 5.41) is 0. The zero-order chi connectivity index (χ0) is 20.3. The van der Waals surface area contributed by atoms with Gasteiger partial charge in [0.05, 0.1) is 0 Å². The Labute approximate surface area is 171 Å². The van der Waals surface area contributed by atoms with Crippen molar-refractivity contribution >= 4 is 10.0 Å². The second-order valence-electron chi connectivity index (χ2n) is 7.54. The van der Waals surface area contributed by atoms with Crippen molar-refractivity contribution in [2.75, 3.05) is 13.1 Å². The van der Waals surface area contributed by atoms with E-state index in [-0.39, 0.29) is 4.90 Å². The molecule has 1 heterocycles. The van der Waals surface area contributed by atoms with Gasteiger partial charge in [0.25, 0.3) is 0 Å². The number of benzene rings is 3. The van der Waals surface area contributed by atoms with E-state index in [0.717, 1.165) is 19.3 Å². The maximum atomic E-state index is 14.0. The van der Waals surface area contributed by atoms with Gasteiger partial charge in [0.1, 0.15) is 10.7 Å². The molecule has 0 aromatic heterocycles. The molecular formula is C24H24FNO2S. The van der Waals surface area contributed by atoms with Crippen LogP contribution < -0.4 is 0 Å². The van der Waals surface area contributed by atoms with Gasteiger partial charge in [-0.2, -0.15) is 4.31 Å². The van der Waals surface area contributed by atoms with Crippen LogP contribution >= 0.6 is 0 Å². The summed E-state index contributed by atoms with van der Waals surface area (Å²) in [4.78, 5) is -0.227. The Balaban J connectivity index is 1.37. The summed E-state index contributed by atoms with van der Waals surface area (Å²) in [6.45, 7) is 0.868. The molecule has 0 unspecified atom stereocenters. The average molecular weight is 410 g/mol. The molecule has 0 aliphatic carbocycles. The van der Waals surface area contributed by atoms with E-state index in [9.17, 15) is 12.8 Å². The fourth-order valence-corrected chi connectivity index (χ4v) is 5.48. The van der Waals surface area contributed by atoms with Gasteiger partial charge in [-0.15, -0.1) is 0 Å². The summed E-state index contributed by atoms with van der Waals surface area (Å²) in [5.74, 6) is -0.252. The summed E-state index contributed by atoms with van der Waals surface area (Å²) in [5.41, 5.74) is 3.66. The average Bonchev–Trinajstić information content (AvgIpc) is 2.75. The number of halogens is 1. The lowest BCUT2D eigenvalue weighted by Gasteiger charge is -2.31. The van der Waals surface area contributed by atoms with Gasteiger partial charge in [-0.05, 0) is 54.0 Å². The normalized spacial score (nSPS) is 16.0. The molecule has 0 atom stereocenters. The van der Waals surface area contributed by atoms with Crippen molar-refractivity contribution in [2.24, 2.45) is 5.92 Å². The monoisotopic (exact) mass is 409 g/mol. The summed E-state index contributed by atoms with van der Waals surface area (Å²) in [6.07, 6.45) is 2.50. The number of piperidine rings is 1. The van der Waals surface area contributed by atoms with Crippen molar-refractivity contribution in [1.82, 2.24) is 4.31 Å². The fraction of sp³-hybridized carbons (Fsp3) is 0.250. The molecule has 0 spiro atoms. The Bertz CT molecular complexity index is 1060. The van der Waals surface area contributed by atoms with Crippen molar-refractivity contribution in [3.8, 4) is 11.1 Å². The van der Waals surface area contributed by atoms with Gasteiger partial charge >= 0.3 is 0 Å². The van der Waals surface area contributed by atoms with E-state index < -0.39 is 15.8 Å². The van der Waals surface area contributed by atoms with Gasteiger partial charge < -0.3 is 0 Å². The minimum Gasteiger partial charge on any atom is -0.207 e. The predicted molar refractivity (Wildman–Crippen MR) is 113 cm³/mol. The topological polar surface area (TPSA) is 37.4 Å². The lowest BCUT2D eigenvalue weighted by molar-refractivity contribution is 0.272. The zero-order valence-electron chi connectivity index (χ0n) is 16.2. The maximum Gasteiger partial charge on any atom is 0.245 e. The van der Waals surface area contributed by atoms with Crippen molar-refractivity contribution in [2.45, 2.75) is 24.2 Å². The molecule has 150 valence electrons. The molecule has 1 aliphatic heterocycles. The van der Waals surface area contributed by atoms with E-state index in [2.05, 4.69) is 36.4 Å². The zero-order valence-corrected chi connectivity index (χ0v) is 17.0. The van der Waals surface area contributed by atoms with Crippen molar-refractivity contribution in [3.05, 3.63) is 90.2 Å². The second-order valence-corrected chi connectivity index (χ2v) is 9.45. The number of sulfonamides is 1. The molecule has 0 N–H and O–H groups in total. The molecule has 0 saturated carbocycles. The maximum absolute atomic E-state index is 14.0. The summed E-state index contributed by atoms with van der Waals surface area (Å²) >= 11 is 0. The molecular weight excluding hydrogens is 385 g/mol. The minimum atomic E-state index is -3.77. The van der Waals surface area contributed by atoms with Crippen LogP contribution in [0.1, 0.15) is 18.4 Å². The van der Waals surface area contributed by atoms with Crippen LogP contribution in [0.4, 0.5) is 4.39 Å². The standard InChI is InChI=1S/C24H24FNO2S/c25-23-8-4-5-9-24(23)29(27,28)26-16-14-20(15-17-26)18-19-10-12-22(13-11-19)21-6-2-1-3-7-21/h1-13,20H,14-18H2. The molecule has 5 heteroatoms. The summed E-state index contributed by atoms with van der Waals surface area (Å²) in [6, 6.07) is 24.5. The van der Waals surface area contributed by atoms with Gasteiger partial charge in [0, 0.05) is 13.1 Å². The molecule has 3 aromatic rings. The lowest BCUT2D eigenvalue weighted by Crippen LogP contribution is -2.39. The van der Waals surface area contributed by atoms with Crippen molar-refractivity contribution in [3.63, 3.8) is 0 Å². The van der Waals surface area contributed by atoms with Gasteiger partial charge in [0.2, 0.25) is 10.0 Å². The Morgan fingerprint density at radius 3 is 2.03 bits per heavy atom. The SMILES string of the molecule is O=S(=O)(c1ccccc1F)N1CCC(Cc2ccc(-c3ccccc3)cc2)CC1. The summed E-state index contributed by atoms with van der Waals surface area (Å²) < 4.78 is 40.8. The predicted octanol–water partition coefficient (Wildman–Crippen LogP) is 5.14. The summed E-state index contributed by atoms with van der Waals surface area (Å²) in [7, 11) is -3.77. The second kappa shape index (κ2) is 8.47. The van der Waals surface area contributed by atoms with Crippen molar-refractivity contribution < 1.29 is 12.8 Å². The molecule has 0 radical (unpaired) electrons. The highest BCUT2D eigenvalue weighted by Crippen LogP contribution is 2.28. The Morgan fingerprint density at radius 2 is 1.38 bits per heavy atom. The van der Waals surface area contributed by atoms with Gasteiger partial charge in [-0.25, -0.2) is 12.8 Å². The third-order valence-electron chi connectivity index (χ3n) is 5.61. The van der Waals surface area contributed by atoms with Gasteiger partial charge in [-0.3, -0.25) is 0 Å². The van der Waals surface area contributed by atoms with Crippen molar-refractivity contribution in [1.29, 1.82) is 0 Å². The van der Waals surface area contributed by atoms with Crippen LogP contribution in [0.25, 0.3) is 11.1 Å². The molecule has 29 heavy (non-hydrogen) atoms. The molecule has 3 aromatic carbocycles. The van der Waals surface area contributed by atoms with Crippen LogP contribution in [0.2, 0.25) is 0 Å². The van der Waals surface area contributed by atoms with E-state index in [4.69, 9.17) is 0 Å². The van der Waals surface area contributed by atoms with Gasteiger partial charge in [-0.1, -0.05) is 66.7 Å². The van der Waals surface area contributed by atoms with E-state index in [1.807, 2.05) is 18.2 Å². The first-order chi connectivity index (χ1) is 14.0. The first-order valence-electron chi connectivity index (χ1n) is 9.93. The van der Waals surface area contributed by atoms with E-state index in [1.165, 1.54) is 39.2 Å². The number of nitrogens with zero attached hydrogens (tertiary/aromatic N) is 1. The number of rotatable bonds is 5. The van der Waals surface area contributed by atoms with Crippen LogP contribution in [0.15, 0.2) is 83.8 Å². The number of hydrogen-bond acceptors (Lipinski definition) is 2. The van der Waals surface area contributed by atoms with E-state index in [0.29, 0.717) is 19.0 Å². The number of hydrogen-bond donors (Lipinski definition) is 0. The van der Waals surface area contributed by atoms with E-state index in [1.54, 1.807) is 6.07 Å². The Morgan fingerprint density at radius 1 is 0.793 bits per heavy atom. The van der Waals surface area contributed by atoms with Crippen LogP contribution in [0.5, 0.6) is 0 Å². The molecule has 3 nitrogen and oxygen atoms in total. The Kier molecular flexibility index (Phi) is 5.79. The highest BCUT2D eigenvalue weighted by Gasteiger charge is 2.31. The largest absolute Gasteiger partial charge is 0.245 e. The van der Waals surface area contributed by atoms with Crippen LogP contribution in [0, 0.1) is 11.7 Å². The van der Waals surface area contributed by atoms with Crippen LogP contribution in [-0.2, 0) is 16.4 Å². The third kappa shape index (κ3) is 4.41. The molecule has 1 aliphatic rings. The van der Waals surface area contributed by atoms with Gasteiger partial charge in [0.15, 0.2) is 0 Å². The Hall–Kier alpha value is -2.50. The van der Waals surface area contributed by atoms with Crippen LogP contribution in [-0.4, -0.2) is 25.8 Å². The van der Waals surface area contributed by atoms with Crippen LogP contribution in [0.3, 0.4) is 0 Å². The third-order valence-corrected chi connectivity index (χ3v) is 7.55. The lowest BCUT2D eigenvalue weighted by atomic mass is 9.90. The fourth-order valence-electron chi connectivity index (χ4n) is 3.94. The molecule has 1 fully saturated rings. The molecule has 0 amide bonds. The molecule has 0 bridgehead atoms. The minimum absolute atomic E-state index is 0.227. The highest BCUT2D eigenvalue weighted by molar-refractivity contribution is 7.89. The first-order valence-corrected chi connectivity index (χ1v) is 11.4. The van der Waals surface area contributed by atoms with E-state index >= 15 is 0 Å². The first kappa shape index (κ1) is 19.8. The molecule has 1 saturated heterocycles. The highest BCUT2D eigenvalue weighted by atomic mass is 32.2. The molecule has 4 rings (SSSR count). The quantitative estimate of drug-likeness (QED) is 0.585. The smallest absolute Gasteiger partial charge is 0.207 e.